The second-order valence-corrected chi connectivity index (χ2v) is 9.08. The van der Waals surface area contributed by atoms with Gasteiger partial charge in [-0.3, -0.25) is 0 Å². The number of carbonyl (C=O) groups excluding carboxylic acids is 1. The molecule has 1 aromatic carbocycles. The summed E-state index contributed by atoms with van der Waals surface area (Å²) in [5.41, 5.74) is 1.56. The highest BCUT2D eigenvalue weighted by Crippen LogP contribution is 2.28. The van der Waals surface area contributed by atoms with Gasteiger partial charge in [0.1, 0.15) is 11.4 Å². The number of amides is 1. The molecular weight excluding hydrogens is 418 g/mol. The first kappa shape index (κ1) is 26.0. The third-order valence-corrected chi connectivity index (χ3v) is 4.68. The number of methoxy groups -OCH3 is 1. The number of hydrogen-bond donors (Lipinski definition) is 0. The van der Waals surface area contributed by atoms with Crippen molar-refractivity contribution in [2.24, 2.45) is 4.99 Å². The highest BCUT2D eigenvalue weighted by Gasteiger charge is 2.20. The van der Waals surface area contributed by atoms with Crippen molar-refractivity contribution in [2.75, 3.05) is 46.2 Å². The third kappa shape index (κ3) is 9.00. The van der Waals surface area contributed by atoms with Gasteiger partial charge in [0.25, 0.3) is 0 Å². The number of benzene rings is 1. The predicted molar refractivity (Wildman–Crippen MR) is 134 cm³/mol. The lowest BCUT2D eigenvalue weighted by Crippen LogP contribution is -2.36. The van der Waals surface area contributed by atoms with Crippen molar-refractivity contribution < 1.29 is 14.3 Å². The second kappa shape index (κ2) is 12.1. The van der Waals surface area contributed by atoms with E-state index >= 15 is 0 Å². The van der Waals surface area contributed by atoms with E-state index in [0.29, 0.717) is 18.9 Å². The lowest BCUT2D eigenvalue weighted by Gasteiger charge is -2.28. The van der Waals surface area contributed by atoms with E-state index in [1.807, 2.05) is 64.0 Å². The molecule has 0 aliphatic carbocycles. The average molecular weight is 456 g/mol. The Morgan fingerprint density at radius 3 is 2.39 bits per heavy atom. The molecule has 33 heavy (non-hydrogen) atoms. The zero-order valence-electron chi connectivity index (χ0n) is 20.9. The number of aliphatic imine (C=N–C) groups is 1. The Balaban J connectivity index is 2.18. The number of rotatable bonds is 10. The van der Waals surface area contributed by atoms with Crippen LogP contribution < -0.4 is 9.64 Å². The quantitative estimate of drug-likeness (QED) is 0.386. The lowest BCUT2D eigenvalue weighted by atomic mass is 10.2. The Morgan fingerprint density at radius 2 is 1.79 bits per heavy atom. The van der Waals surface area contributed by atoms with Crippen LogP contribution in [0, 0.1) is 0 Å². The molecule has 0 aliphatic rings. The Morgan fingerprint density at radius 1 is 1.09 bits per heavy atom. The number of ether oxygens (including phenoxy) is 2. The molecule has 8 nitrogen and oxygen atoms in total. The molecular formula is C25H37N5O3. The van der Waals surface area contributed by atoms with Gasteiger partial charge in [-0.05, 0) is 57.0 Å². The summed E-state index contributed by atoms with van der Waals surface area (Å²) in [5, 5.41) is 0. The van der Waals surface area contributed by atoms with Crippen LogP contribution in [0.5, 0.6) is 5.75 Å². The van der Waals surface area contributed by atoms with Gasteiger partial charge in [0.05, 0.1) is 19.1 Å². The largest absolute Gasteiger partial charge is 0.497 e. The molecule has 180 valence electrons. The van der Waals surface area contributed by atoms with E-state index < -0.39 is 5.60 Å². The molecule has 0 saturated carbocycles. The Bertz CT molecular complexity index is 907. The molecule has 1 aromatic heterocycles. The summed E-state index contributed by atoms with van der Waals surface area (Å²) in [6.45, 7) is 7.57. The zero-order valence-corrected chi connectivity index (χ0v) is 20.9. The van der Waals surface area contributed by atoms with Crippen LogP contribution in [0.3, 0.4) is 0 Å². The fraction of sp³-hybridized carbons (Fsp3) is 0.480. The SMILES string of the molecule is COc1ccc(CN(CCCN(C)C(=O)OC(C)(C)C)c2cccnc2N=CN(C)C)cc1. The molecule has 0 aliphatic heterocycles. The Labute approximate surface area is 197 Å². The zero-order chi connectivity index (χ0) is 24.4. The summed E-state index contributed by atoms with van der Waals surface area (Å²) < 4.78 is 10.7. The molecule has 0 radical (unpaired) electrons. The first-order valence-electron chi connectivity index (χ1n) is 11.1. The minimum atomic E-state index is -0.513. The van der Waals surface area contributed by atoms with Gasteiger partial charge in [-0.2, -0.15) is 0 Å². The normalized spacial score (nSPS) is 11.4. The predicted octanol–water partition coefficient (Wildman–Crippen LogP) is 4.58. The van der Waals surface area contributed by atoms with Crippen LogP contribution in [-0.2, 0) is 11.3 Å². The molecule has 0 fully saturated rings. The molecule has 0 spiro atoms. The van der Waals surface area contributed by atoms with Crippen LogP contribution in [0.2, 0.25) is 0 Å². The first-order valence-corrected chi connectivity index (χ1v) is 11.1. The number of aromatic nitrogens is 1. The maximum Gasteiger partial charge on any atom is 0.410 e. The maximum absolute atomic E-state index is 12.3. The number of pyridine rings is 1. The van der Waals surface area contributed by atoms with Crippen LogP contribution in [0.4, 0.5) is 16.3 Å². The second-order valence-electron chi connectivity index (χ2n) is 9.08. The average Bonchev–Trinajstić information content (AvgIpc) is 2.76. The standard InChI is InChI=1S/C25H37N5O3/c1-25(2,3)33-24(31)29(6)16-9-17-30(18-20-11-13-21(32-7)14-12-20)22-10-8-15-26-23(22)27-19-28(4)5/h8,10-15,19H,9,16-18H2,1-7H3. The number of hydrogen-bond acceptors (Lipinski definition) is 6. The number of nitrogens with zero attached hydrogens (tertiary/aromatic N) is 5. The van der Waals surface area contributed by atoms with E-state index in [9.17, 15) is 4.79 Å². The van der Waals surface area contributed by atoms with Gasteiger partial charge in [-0.1, -0.05) is 12.1 Å². The van der Waals surface area contributed by atoms with Crippen molar-refractivity contribution in [1.29, 1.82) is 0 Å². The van der Waals surface area contributed by atoms with Crippen molar-refractivity contribution in [3.8, 4) is 5.75 Å². The summed E-state index contributed by atoms with van der Waals surface area (Å²) in [6, 6.07) is 12.0. The summed E-state index contributed by atoms with van der Waals surface area (Å²) in [4.78, 5) is 27.1. The molecule has 1 amide bonds. The molecule has 2 aromatic rings. The highest BCUT2D eigenvalue weighted by molar-refractivity contribution is 5.69. The van der Waals surface area contributed by atoms with Crippen LogP contribution in [-0.4, -0.2) is 74.2 Å². The molecule has 0 saturated heterocycles. The topological polar surface area (TPSA) is 70.5 Å². The van der Waals surface area contributed by atoms with E-state index in [-0.39, 0.29) is 6.09 Å². The molecule has 1 heterocycles. The monoisotopic (exact) mass is 455 g/mol. The van der Waals surface area contributed by atoms with E-state index in [2.05, 4.69) is 27.0 Å². The van der Waals surface area contributed by atoms with Gasteiger partial charge in [0, 0.05) is 47.0 Å². The van der Waals surface area contributed by atoms with E-state index in [4.69, 9.17) is 9.47 Å². The van der Waals surface area contributed by atoms with E-state index in [0.717, 1.165) is 30.0 Å². The summed E-state index contributed by atoms with van der Waals surface area (Å²) in [5.74, 6) is 1.47. The minimum Gasteiger partial charge on any atom is -0.497 e. The van der Waals surface area contributed by atoms with Crippen LogP contribution in [0.15, 0.2) is 47.6 Å². The van der Waals surface area contributed by atoms with Gasteiger partial charge in [0.15, 0.2) is 5.82 Å². The van der Waals surface area contributed by atoms with E-state index in [1.165, 1.54) is 0 Å². The van der Waals surface area contributed by atoms with Crippen molar-refractivity contribution in [2.45, 2.75) is 39.3 Å². The van der Waals surface area contributed by atoms with Crippen LogP contribution >= 0.6 is 0 Å². The van der Waals surface area contributed by atoms with Gasteiger partial charge in [-0.25, -0.2) is 14.8 Å². The van der Waals surface area contributed by atoms with Crippen molar-refractivity contribution in [1.82, 2.24) is 14.8 Å². The van der Waals surface area contributed by atoms with Crippen molar-refractivity contribution >= 4 is 23.9 Å². The Kier molecular flexibility index (Phi) is 9.51. The van der Waals surface area contributed by atoms with Crippen LogP contribution in [0.25, 0.3) is 0 Å². The van der Waals surface area contributed by atoms with Crippen molar-refractivity contribution in [3.05, 3.63) is 48.2 Å². The number of anilines is 1. The lowest BCUT2D eigenvalue weighted by molar-refractivity contribution is 0.0298. The molecule has 8 heteroatoms. The molecule has 0 N–H and O–H groups in total. The fourth-order valence-corrected chi connectivity index (χ4v) is 3.07. The third-order valence-electron chi connectivity index (χ3n) is 4.68. The minimum absolute atomic E-state index is 0.318. The first-order chi connectivity index (χ1) is 15.6. The molecule has 2 rings (SSSR count). The molecule has 0 unspecified atom stereocenters. The maximum atomic E-state index is 12.3. The summed E-state index contributed by atoms with van der Waals surface area (Å²) >= 11 is 0. The van der Waals surface area contributed by atoms with Gasteiger partial charge < -0.3 is 24.2 Å². The molecule has 0 atom stereocenters. The van der Waals surface area contributed by atoms with Gasteiger partial charge in [-0.15, -0.1) is 0 Å². The smallest absolute Gasteiger partial charge is 0.410 e. The fourth-order valence-electron chi connectivity index (χ4n) is 3.07. The summed E-state index contributed by atoms with van der Waals surface area (Å²) in [7, 11) is 7.27. The number of carbonyl (C=O) groups is 1. The molecule has 0 bridgehead atoms. The highest BCUT2D eigenvalue weighted by atomic mass is 16.6. The van der Waals surface area contributed by atoms with Crippen molar-refractivity contribution in [3.63, 3.8) is 0 Å². The van der Waals surface area contributed by atoms with Gasteiger partial charge >= 0.3 is 6.09 Å². The van der Waals surface area contributed by atoms with E-state index in [1.54, 1.807) is 31.6 Å². The van der Waals surface area contributed by atoms with Gasteiger partial charge in [0.2, 0.25) is 0 Å². The Hall–Kier alpha value is -3.29. The summed E-state index contributed by atoms with van der Waals surface area (Å²) in [6.07, 6.45) is 3.93. The van der Waals surface area contributed by atoms with Crippen LogP contribution in [0.1, 0.15) is 32.8 Å².